The Kier molecular flexibility index (Phi) is 31.4. The molecule has 440 valence electrons. The lowest BCUT2D eigenvalue weighted by molar-refractivity contribution is -0.137. The highest BCUT2D eigenvalue weighted by Crippen LogP contribution is 2.61. The van der Waals surface area contributed by atoms with Gasteiger partial charge < -0.3 is 50.9 Å². The van der Waals surface area contributed by atoms with E-state index in [1.165, 1.54) is 46.0 Å². The first kappa shape index (κ1) is 68.5. The van der Waals surface area contributed by atoms with Crippen molar-refractivity contribution in [2.75, 3.05) is 37.8 Å². The predicted molar refractivity (Wildman–Crippen MR) is 293 cm³/mol. The number of carbonyl (C=O) groups excluding carboxylic acids is 4. The molecule has 3 rings (SSSR count). The molecule has 1 aliphatic heterocycles. The Morgan fingerprint density at radius 1 is 0.808 bits per heavy atom. The maximum absolute atomic E-state index is 12.8. The van der Waals surface area contributed by atoms with E-state index in [-0.39, 0.29) is 59.6 Å². The number of unbranched alkanes of at least 4 members (excludes halogenated alkanes) is 10. The number of allylic oxidation sites excluding steroid dienone is 8. The van der Waals surface area contributed by atoms with Crippen LogP contribution >= 0.6 is 35.2 Å². The number of aliphatic hydroxyl groups is 2. The second-order valence-electron chi connectivity index (χ2n) is 19.1. The number of aliphatic hydroxyl groups excluding tert-OH is 2. The van der Waals surface area contributed by atoms with Crippen molar-refractivity contribution in [1.29, 1.82) is 0 Å². The number of nitrogens with two attached hydrogens (primary N) is 1. The summed E-state index contributed by atoms with van der Waals surface area (Å²) in [6.45, 7) is 2.54. The molecular formula is C49H80N7O18P3S. The second kappa shape index (κ2) is 35.8. The van der Waals surface area contributed by atoms with Gasteiger partial charge in [0.05, 0.1) is 26.0 Å². The molecule has 3 heterocycles. The summed E-state index contributed by atoms with van der Waals surface area (Å²) in [5, 5.41) is 26.3. The van der Waals surface area contributed by atoms with Crippen LogP contribution in [0, 0.1) is 5.41 Å². The molecule has 2 amide bonds. The average Bonchev–Trinajstić information content (AvgIpc) is 4.01. The number of carbonyl (C=O) groups is 4. The molecule has 10 N–H and O–H groups in total. The first-order valence-electron chi connectivity index (χ1n) is 26.1. The lowest BCUT2D eigenvalue weighted by Gasteiger charge is -2.30. The molecule has 1 saturated heterocycles. The SMILES string of the molecule is CCCCC/C=C\C/C=C\C/C=C\C/C=C\CCCCCCCCCC(=O)CC(=O)SCCNC(=O)CCNC(=O)[C@H](O)C(C)(C)COP(=O)(O)OP(=O)(O)OC[C@H]1O[C@@H](n2cnc3c(N)ncnc32)[C@H](O)[C@@H]1OP(=O)(O)O. The Morgan fingerprint density at radius 2 is 1.40 bits per heavy atom. The number of imidazole rings is 1. The number of amides is 2. The van der Waals surface area contributed by atoms with Crippen molar-refractivity contribution in [3.63, 3.8) is 0 Å². The fourth-order valence-electron chi connectivity index (χ4n) is 7.62. The fraction of sp³-hybridized carbons (Fsp3) is 0.653. The summed E-state index contributed by atoms with van der Waals surface area (Å²) in [6.07, 6.45) is 27.3. The number of thioether (sulfide) groups is 1. The molecule has 0 aromatic carbocycles. The number of phosphoric ester groups is 3. The minimum atomic E-state index is -5.60. The minimum absolute atomic E-state index is 0.0249. The number of anilines is 1. The van der Waals surface area contributed by atoms with Gasteiger partial charge in [-0.05, 0) is 51.4 Å². The third kappa shape index (κ3) is 27.6. The number of Topliss-reactive ketones (excluding diaryl/α,β-unsaturated/α-hetero) is 1. The van der Waals surface area contributed by atoms with Gasteiger partial charge in [0.25, 0.3) is 0 Å². The molecule has 1 aliphatic rings. The number of phosphoric acid groups is 3. The normalized spacial score (nSPS) is 19.3. The van der Waals surface area contributed by atoms with Crippen molar-refractivity contribution < 1.29 is 85.3 Å². The predicted octanol–water partition coefficient (Wildman–Crippen LogP) is 7.11. The van der Waals surface area contributed by atoms with Gasteiger partial charge in [0.15, 0.2) is 22.8 Å². The zero-order valence-corrected chi connectivity index (χ0v) is 48.1. The molecular weight excluding hydrogens is 1100 g/mol. The summed E-state index contributed by atoms with van der Waals surface area (Å²) in [5.41, 5.74) is 4.24. The van der Waals surface area contributed by atoms with Gasteiger partial charge in [0.2, 0.25) is 11.8 Å². The number of nitrogens with zero attached hydrogens (tertiary/aromatic N) is 4. The van der Waals surface area contributed by atoms with Gasteiger partial charge in [0.1, 0.15) is 42.0 Å². The third-order valence-electron chi connectivity index (χ3n) is 11.9. The van der Waals surface area contributed by atoms with E-state index < -0.39 is 84.6 Å². The van der Waals surface area contributed by atoms with Gasteiger partial charge in [-0.2, -0.15) is 4.31 Å². The molecule has 0 spiro atoms. The van der Waals surface area contributed by atoms with Crippen LogP contribution in [0.2, 0.25) is 0 Å². The fourth-order valence-corrected chi connectivity index (χ4v) is 11.1. The van der Waals surface area contributed by atoms with E-state index in [2.05, 4.69) is 90.0 Å². The van der Waals surface area contributed by atoms with Crippen LogP contribution in [0.4, 0.5) is 5.82 Å². The quantitative estimate of drug-likeness (QED) is 0.0138. The standard InChI is InChI=1S/C49H80N7O18P3S/c1-4-5-6-7-8-9-10-11-12-13-14-15-16-17-18-19-20-21-22-23-24-25-26-27-37(57)32-40(59)78-31-30-51-39(58)28-29-52-47(62)44(61)49(2,3)34-71-77(68,69)74-76(66,67)70-33-38-43(73-75(63,64)65)42(60)48(72-38)56-36-55-41-45(50)53-35-54-46(41)56/h8-9,11-12,14-15,17-18,35-36,38,42-44,48,60-61H,4-7,10,13,16,19-34H2,1-3H3,(H,51,58)(H,52,62)(H,66,67)(H,68,69)(H2,50,53,54)(H2,63,64,65)/b9-8-,12-11-,15-14-,18-17-/t38-,42-,43-,44+,48-/m1/s1. The molecule has 2 unspecified atom stereocenters. The van der Waals surface area contributed by atoms with Gasteiger partial charge in [-0.15, -0.1) is 0 Å². The molecule has 1 fully saturated rings. The first-order valence-corrected chi connectivity index (χ1v) is 31.6. The highest BCUT2D eigenvalue weighted by molar-refractivity contribution is 8.13. The van der Waals surface area contributed by atoms with Crippen LogP contribution in [0.1, 0.15) is 143 Å². The van der Waals surface area contributed by atoms with Crippen LogP contribution in [0.5, 0.6) is 0 Å². The number of hydrogen-bond acceptors (Lipinski definition) is 19. The smallest absolute Gasteiger partial charge is 0.386 e. The van der Waals surface area contributed by atoms with Crippen LogP contribution in [-0.4, -0.2) is 128 Å². The molecule has 0 bridgehead atoms. The summed E-state index contributed by atoms with van der Waals surface area (Å²) in [6, 6.07) is 0. The van der Waals surface area contributed by atoms with E-state index in [1.54, 1.807) is 0 Å². The number of aromatic nitrogens is 4. The lowest BCUT2D eigenvalue weighted by atomic mass is 9.87. The van der Waals surface area contributed by atoms with Crippen molar-refractivity contribution in [3.05, 3.63) is 61.3 Å². The summed E-state index contributed by atoms with van der Waals surface area (Å²) in [4.78, 5) is 101. The first-order chi connectivity index (χ1) is 36.9. The second-order valence-corrected chi connectivity index (χ2v) is 24.5. The number of nitrogen functional groups attached to an aromatic ring is 1. The monoisotopic (exact) mass is 1180 g/mol. The molecule has 0 radical (unpaired) electrons. The van der Waals surface area contributed by atoms with Crippen LogP contribution in [0.15, 0.2) is 61.3 Å². The lowest BCUT2D eigenvalue weighted by Crippen LogP contribution is -2.46. The number of rotatable bonds is 41. The average molecular weight is 1180 g/mol. The van der Waals surface area contributed by atoms with E-state index in [0.717, 1.165) is 93.2 Å². The molecule has 78 heavy (non-hydrogen) atoms. The van der Waals surface area contributed by atoms with E-state index >= 15 is 0 Å². The topological polar surface area (TPSA) is 381 Å². The van der Waals surface area contributed by atoms with Crippen molar-refractivity contribution >= 4 is 74.9 Å². The van der Waals surface area contributed by atoms with Crippen LogP contribution in [0.25, 0.3) is 11.2 Å². The number of ether oxygens (including phenoxy) is 1. The van der Waals surface area contributed by atoms with Crippen molar-refractivity contribution in [3.8, 4) is 0 Å². The Hall–Kier alpha value is -3.81. The number of hydrogen-bond donors (Lipinski definition) is 9. The van der Waals surface area contributed by atoms with Gasteiger partial charge in [-0.1, -0.05) is 126 Å². The Balaban J connectivity index is 1.22. The van der Waals surface area contributed by atoms with Gasteiger partial charge in [-0.3, -0.25) is 37.3 Å². The van der Waals surface area contributed by atoms with E-state index in [9.17, 15) is 62.7 Å². The highest BCUT2D eigenvalue weighted by atomic mass is 32.2. The minimum Gasteiger partial charge on any atom is -0.386 e. The third-order valence-corrected chi connectivity index (χ3v) is 15.9. The number of nitrogens with one attached hydrogen (secondary N) is 2. The molecule has 25 nitrogen and oxygen atoms in total. The van der Waals surface area contributed by atoms with Crippen molar-refractivity contribution in [2.45, 2.75) is 167 Å². The molecule has 0 aliphatic carbocycles. The Labute approximate surface area is 460 Å². The summed E-state index contributed by atoms with van der Waals surface area (Å²) in [7, 11) is -16.5. The molecule has 0 saturated carbocycles. The highest BCUT2D eigenvalue weighted by Gasteiger charge is 2.50. The molecule has 2 aromatic rings. The van der Waals surface area contributed by atoms with E-state index in [4.69, 9.17) is 19.5 Å². The van der Waals surface area contributed by atoms with E-state index in [0.29, 0.717) is 6.42 Å². The van der Waals surface area contributed by atoms with E-state index in [1.807, 2.05) is 0 Å². The maximum Gasteiger partial charge on any atom is 0.481 e. The molecule has 2 aromatic heterocycles. The maximum atomic E-state index is 12.8. The van der Waals surface area contributed by atoms with Crippen LogP contribution < -0.4 is 16.4 Å². The van der Waals surface area contributed by atoms with Gasteiger partial charge >= 0.3 is 23.5 Å². The van der Waals surface area contributed by atoms with Crippen molar-refractivity contribution in [1.82, 2.24) is 30.2 Å². The van der Waals surface area contributed by atoms with Gasteiger partial charge in [0, 0.05) is 37.1 Å². The Bertz CT molecular complexity index is 2450. The van der Waals surface area contributed by atoms with Gasteiger partial charge in [-0.25, -0.2) is 28.6 Å². The number of fused-ring (bicyclic) bond motifs is 1. The summed E-state index contributed by atoms with van der Waals surface area (Å²) < 4.78 is 62.5. The summed E-state index contributed by atoms with van der Waals surface area (Å²) in [5.74, 6) is -1.42. The Morgan fingerprint density at radius 3 is 2.03 bits per heavy atom. The van der Waals surface area contributed by atoms with Crippen molar-refractivity contribution in [2.24, 2.45) is 5.41 Å². The molecule has 29 heteroatoms. The largest absolute Gasteiger partial charge is 0.481 e. The number of ketones is 1. The molecule has 7 atom stereocenters. The zero-order chi connectivity index (χ0) is 57.6. The van der Waals surface area contributed by atoms with Crippen LogP contribution in [0.3, 0.4) is 0 Å². The van der Waals surface area contributed by atoms with Crippen LogP contribution in [-0.2, 0) is 55.5 Å². The summed E-state index contributed by atoms with van der Waals surface area (Å²) >= 11 is 0.934. The zero-order valence-electron chi connectivity index (χ0n) is 44.6.